The van der Waals surface area contributed by atoms with Crippen LogP contribution in [0, 0.1) is 17.2 Å². The molecule has 1 amide bonds. The van der Waals surface area contributed by atoms with Crippen molar-refractivity contribution in [2.24, 2.45) is 5.92 Å². The summed E-state index contributed by atoms with van der Waals surface area (Å²) < 4.78 is 0. The van der Waals surface area contributed by atoms with Gasteiger partial charge in [-0.2, -0.15) is 5.26 Å². The molecule has 1 aromatic carbocycles. The van der Waals surface area contributed by atoms with E-state index in [1.165, 1.54) is 0 Å². The number of piperidine rings is 1. The lowest BCUT2D eigenvalue weighted by Crippen LogP contribution is -2.33. The first-order valence-corrected chi connectivity index (χ1v) is 6.68. The van der Waals surface area contributed by atoms with Gasteiger partial charge in [-0.3, -0.25) is 4.79 Å². The molecule has 1 fully saturated rings. The maximum Gasteiger partial charge on any atom is 0.226 e. The van der Waals surface area contributed by atoms with Crippen molar-refractivity contribution in [2.75, 3.05) is 25.0 Å². The van der Waals surface area contributed by atoms with E-state index in [0.717, 1.165) is 31.6 Å². The van der Waals surface area contributed by atoms with Gasteiger partial charge in [0.2, 0.25) is 5.91 Å². The van der Waals surface area contributed by atoms with Crippen molar-refractivity contribution < 1.29 is 4.79 Å². The highest BCUT2D eigenvalue weighted by molar-refractivity contribution is 5.93. The van der Waals surface area contributed by atoms with Crippen molar-refractivity contribution in [3.05, 3.63) is 29.8 Å². The molecular weight excluding hydrogens is 238 g/mol. The highest BCUT2D eigenvalue weighted by atomic mass is 16.2. The molecule has 100 valence electrons. The first-order valence-electron chi connectivity index (χ1n) is 6.68. The van der Waals surface area contributed by atoms with Gasteiger partial charge in [0, 0.05) is 19.2 Å². The number of nitriles is 1. The van der Waals surface area contributed by atoms with Gasteiger partial charge in [0.25, 0.3) is 0 Å². The first-order chi connectivity index (χ1) is 9.20. The molecule has 0 aromatic heterocycles. The van der Waals surface area contributed by atoms with E-state index in [1.54, 1.807) is 24.1 Å². The minimum Gasteiger partial charge on any atom is -0.317 e. The molecule has 1 aliphatic heterocycles. The lowest BCUT2D eigenvalue weighted by molar-refractivity contribution is -0.119. The topological polar surface area (TPSA) is 56.1 Å². The largest absolute Gasteiger partial charge is 0.317 e. The predicted molar refractivity (Wildman–Crippen MR) is 74.8 cm³/mol. The van der Waals surface area contributed by atoms with Crippen LogP contribution in [-0.2, 0) is 4.79 Å². The Bertz CT molecular complexity index is 486. The molecule has 19 heavy (non-hydrogen) atoms. The van der Waals surface area contributed by atoms with Gasteiger partial charge in [0.1, 0.15) is 0 Å². The summed E-state index contributed by atoms with van der Waals surface area (Å²) in [4.78, 5) is 13.9. The van der Waals surface area contributed by atoms with Crippen LogP contribution in [0.15, 0.2) is 24.3 Å². The average Bonchev–Trinajstić information content (AvgIpc) is 2.47. The van der Waals surface area contributed by atoms with Crippen LogP contribution in [0.1, 0.15) is 24.8 Å². The molecule has 1 heterocycles. The molecule has 1 N–H and O–H groups in total. The molecule has 0 atom stereocenters. The number of nitrogens with zero attached hydrogens (tertiary/aromatic N) is 2. The molecule has 2 rings (SSSR count). The quantitative estimate of drug-likeness (QED) is 0.900. The number of anilines is 1. The normalized spacial score (nSPS) is 15.8. The summed E-state index contributed by atoms with van der Waals surface area (Å²) in [5, 5.41) is 12.2. The fourth-order valence-electron chi connectivity index (χ4n) is 2.40. The molecule has 4 nitrogen and oxygen atoms in total. The van der Waals surface area contributed by atoms with E-state index >= 15 is 0 Å². The summed E-state index contributed by atoms with van der Waals surface area (Å²) in [5.41, 5.74) is 1.37. The fourth-order valence-corrected chi connectivity index (χ4v) is 2.40. The second-order valence-electron chi connectivity index (χ2n) is 5.01. The number of hydrogen-bond acceptors (Lipinski definition) is 3. The van der Waals surface area contributed by atoms with Crippen molar-refractivity contribution in [3.63, 3.8) is 0 Å². The number of carbonyl (C=O) groups excluding carboxylic acids is 1. The Morgan fingerprint density at radius 3 is 2.89 bits per heavy atom. The van der Waals surface area contributed by atoms with Gasteiger partial charge >= 0.3 is 0 Å². The Balaban J connectivity index is 1.99. The fraction of sp³-hybridized carbons (Fsp3) is 0.467. The van der Waals surface area contributed by atoms with Crippen LogP contribution in [0.4, 0.5) is 5.69 Å². The van der Waals surface area contributed by atoms with E-state index in [-0.39, 0.29) is 5.91 Å². The van der Waals surface area contributed by atoms with Crippen molar-refractivity contribution in [3.8, 4) is 6.07 Å². The lowest BCUT2D eigenvalue weighted by atomic mass is 9.94. The molecule has 0 bridgehead atoms. The van der Waals surface area contributed by atoms with Crippen molar-refractivity contribution in [1.29, 1.82) is 5.26 Å². The van der Waals surface area contributed by atoms with Crippen LogP contribution in [-0.4, -0.2) is 26.0 Å². The maximum atomic E-state index is 12.2. The minimum atomic E-state index is 0.127. The van der Waals surface area contributed by atoms with E-state index in [9.17, 15) is 4.79 Å². The zero-order valence-electron chi connectivity index (χ0n) is 11.2. The molecule has 1 saturated heterocycles. The zero-order chi connectivity index (χ0) is 13.7. The van der Waals surface area contributed by atoms with Crippen LogP contribution in [0.2, 0.25) is 0 Å². The Labute approximate surface area is 114 Å². The summed E-state index contributed by atoms with van der Waals surface area (Å²) in [6.45, 7) is 2.01. The number of nitrogens with one attached hydrogen (secondary N) is 1. The number of rotatable bonds is 3. The van der Waals surface area contributed by atoms with Crippen LogP contribution in [0.3, 0.4) is 0 Å². The molecular formula is C15H19N3O. The zero-order valence-corrected chi connectivity index (χ0v) is 11.2. The maximum absolute atomic E-state index is 12.2. The first kappa shape index (κ1) is 13.6. The monoisotopic (exact) mass is 257 g/mol. The van der Waals surface area contributed by atoms with Gasteiger partial charge in [0.15, 0.2) is 0 Å². The standard InChI is InChI=1S/C15H19N3O/c1-18(14-4-2-3-13(9-14)11-16)15(19)10-12-5-7-17-8-6-12/h2-4,9,12,17H,5-8,10H2,1H3. The van der Waals surface area contributed by atoms with Gasteiger partial charge in [-0.1, -0.05) is 6.07 Å². The average molecular weight is 257 g/mol. The van der Waals surface area contributed by atoms with Crippen molar-refractivity contribution in [1.82, 2.24) is 5.32 Å². The summed E-state index contributed by atoms with van der Waals surface area (Å²) >= 11 is 0. The third kappa shape index (κ3) is 3.55. The number of benzene rings is 1. The third-order valence-corrected chi connectivity index (χ3v) is 3.66. The van der Waals surface area contributed by atoms with E-state index in [4.69, 9.17) is 5.26 Å². The molecule has 0 aliphatic carbocycles. The Kier molecular flexibility index (Phi) is 4.53. The summed E-state index contributed by atoms with van der Waals surface area (Å²) in [6.07, 6.45) is 2.73. The van der Waals surface area contributed by atoms with Crippen LogP contribution >= 0.6 is 0 Å². The highest BCUT2D eigenvalue weighted by Crippen LogP contribution is 2.20. The van der Waals surface area contributed by atoms with Gasteiger partial charge < -0.3 is 10.2 Å². The SMILES string of the molecule is CN(C(=O)CC1CCNCC1)c1cccc(C#N)c1. The van der Waals surface area contributed by atoms with Gasteiger partial charge in [0.05, 0.1) is 11.6 Å². The van der Waals surface area contributed by atoms with Crippen LogP contribution in [0.25, 0.3) is 0 Å². The smallest absolute Gasteiger partial charge is 0.226 e. The number of amides is 1. The molecule has 0 spiro atoms. The second kappa shape index (κ2) is 6.35. The third-order valence-electron chi connectivity index (χ3n) is 3.66. The van der Waals surface area contributed by atoms with Crippen LogP contribution < -0.4 is 10.2 Å². The molecule has 1 aromatic rings. The van der Waals surface area contributed by atoms with Gasteiger partial charge in [-0.05, 0) is 50.0 Å². The van der Waals surface area contributed by atoms with Gasteiger partial charge in [-0.15, -0.1) is 0 Å². The minimum absolute atomic E-state index is 0.127. The Hall–Kier alpha value is -1.86. The summed E-state index contributed by atoms with van der Waals surface area (Å²) in [5.74, 6) is 0.609. The molecule has 0 radical (unpaired) electrons. The van der Waals surface area contributed by atoms with Crippen LogP contribution in [0.5, 0.6) is 0 Å². The highest BCUT2D eigenvalue weighted by Gasteiger charge is 2.19. The summed E-state index contributed by atoms with van der Waals surface area (Å²) in [7, 11) is 1.78. The predicted octanol–water partition coefficient (Wildman–Crippen LogP) is 1.91. The van der Waals surface area contributed by atoms with Crippen molar-refractivity contribution in [2.45, 2.75) is 19.3 Å². The molecule has 0 saturated carbocycles. The van der Waals surface area contributed by atoms with E-state index in [1.807, 2.05) is 12.1 Å². The summed E-state index contributed by atoms with van der Waals surface area (Å²) in [6, 6.07) is 9.26. The lowest BCUT2D eigenvalue weighted by Gasteiger charge is -2.25. The number of hydrogen-bond donors (Lipinski definition) is 1. The second-order valence-corrected chi connectivity index (χ2v) is 5.01. The molecule has 0 unspecified atom stereocenters. The molecule has 1 aliphatic rings. The van der Waals surface area contributed by atoms with E-state index < -0.39 is 0 Å². The molecule has 4 heteroatoms. The van der Waals surface area contributed by atoms with E-state index in [2.05, 4.69) is 11.4 Å². The number of carbonyl (C=O) groups is 1. The van der Waals surface area contributed by atoms with Crippen molar-refractivity contribution >= 4 is 11.6 Å². The van der Waals surface area contributed by atoms with Gasteiger partial charge in [-0.25, -0.2) is 0 Å². The Morgan fingerprint density at radius 1 is 1.47 bits per heavy atom. The van der Waals surface area contributed by atoms with E-state index in [0.29, 0.717) is 17.9 Å². The Morgan fingerprint density at radius 2 is 2.21 bits per heavy atom.